The number of halogens is 1. The quantitative estimate of drug-likeness (QED) is 0.859. The van der Waals surface area contributed by atoms with Crippen LogP contribution in [0.25, 0.3) is 0 Å². The largest absolute Gasteiger partial charge is 0.496 e. The molecule has 0 aliphatic heterocycles. The molecule has 0 heterocycles. The summed E-state index contributed by atoms with van der Waals surface area (Å²) >= 11 is 3.48. The lowest BCUT2D eigenvalue weighted by Crippen LogP contribution is -2.17. The predicted molar refractivity (Wildman–Crippen MR) is 88.8 cm³/mol. The van der Waals surface area contributed by atoms with E-state index in [1.165, 1.54) is 5.56 Å². The number of benzene rings is 2. The molecule has 2 aromatic carbocycles. The van der Waals surface area contributed by atoms with Crippen LogP contribution in [0.3, 0.4) is 0 Å². The van der Waals surface area contributed by atoms with Crippen molar-refractivity contribution in [3.63, 3.8) is 0 Å². The van der Waals surface area contributed by atoms with E-state index in [9.17, 15) is 0 Å². The smallest absolute Gasteiger partial charge is 0.133 e. The average molecular weight is 350 g/mol. The van der Waals surface area contributed by atoms with Gasteiger partial charge in [-0.2, -0.15) is 0 Å². The van der Waals surface area contributed by atoms with E-state index in [1.54, 1.807) is 7.11 Å². The third-order valence-corrected chi connectivity index (χ3v) is 3.78. The standard InChI is InChI=1S/C17H20BrNO2/c1-12(19)9-13-7-8-16(20-2)14(10-13)11-21-17-6-4-3-5-15(17)18/h3-8,10,12H,9,11,19H2,1-2H3. The van der Waals surface area contributed by atoms with Crippen LogP contribution < -0.4 is 15.2 Å². The fourth-order valence-electron chi connectivity index (χ4n) is 2.16. The minimum absolute atomic E-state index is 0.135. The van der Waals surface area contributed by atoms with Gasteiger partial charge in [-0.25, -0.2) is 0 Å². The van der Waals surface area contributed by atoms with Crippen molar-refractivity contribution in [1.29, 1.82) is 0 Å². The zero-order valence-corrected chi connectivity index (χ0v) is 13.9. The summed E-state index contributed by atoms with van der Waals surface area (Å²) in [4.78, 5) is 0. The summed E-state index contributed by atoms with van der Waals surface area (Å²) in [6.07, 6.45) is 0.839. The molecule has 0 aromatic heterocycles. The van der Waals surface area contributed by atoms with E-state index >= 15 is 0 Å². The monoisotopic (exact) mass is 349 g/mol. The molecule has 1 atom stereocenters. The molecule has 0 radical (unpaired) electrons. The second-order valence-corrected chi connectivity index (χ2v) is 5.90. The van der Waals surface area contributed by atoms with Crippen molar-refractivity contribution in [3.8, 4) is 11.5 Å². The van der Waals surface area contributed by atoms with Crippen LogP contribution in [0.2, 0.25) is 0 Å². The Morgan fingerprint density at radius 2 is 1.90 bits per heavy atom. The van der Waals surface area contributed by atoms with Gasteiger partial charge in [0.05, 0.1) is 11.6 Å². The molecule has 0 bridgehead atoms. The highest BCUT2D eigenvalue weighted by Gasteiger charge is 2.08. The summed E-state index contributed by atoms with van der Waals surface area (Å²) in [6.45, 7) is 2.46. The van der Waals surface area contributed by atoms with Crippen molar-refractivity contribution in [2.24, 2.45) is 5.73 Å². The number of hydrogen-bond acceptors (Lipinski definition) is 3. The van der Waals surface area contributed by atoms with E-state index in [0.717, 1.165) is 28.0 Å². The summed E-state index contributed by atoms with van der Waals surface area (Å²) < 4.78 is 12.2. The highest BCUT2D eigenvalue weighted by atomic mass is 79.9. The maximum Gasteiger partial charge on any atom is 0.133 e. The first kappa shape index (κ1) is 15.9. The third kappa shape index (κ3) is 4.48. The summed E-state index contributed by atoms with van der Waals surface area (Å²) in [5, 5.41) is 0. The summed E-state index contributed by atoms with van der Waals surface area (Å²) in [5.74, 6) is 1.65. The van der Waals surface area contributed by atoms with Gasteiger partial charge in [0.2, 0.25) is 0 Å². The number of para-hydroxylation sites is 1. The van der Waals surface area contributed by atoms with Gasteiger partial charge in [0.1, 0.15) is 18.1 Å². The Kier molecular flexibility index (Phi) is 5.65. The molecule has 0 saturated carbocycles. The van der Waals surface area contributed by atoms with Crippen LogP contribution in [0.1, 0.15) is 18.1 Å². The van der Waals surface area contributed by atoms with Crippen molar-refractivity contribution < 1.29 is 9.47 Å². The molecule has 2 aromatic rings. The van der Waals surface area contributed by atoms with Crippen molar-refractivity contribution in [1.82, 2.24) is 0 Å². The Hall–Kier alpha value is -1.52. The van der Waals surface area contributed by atoms with E-state index in [2.05, 4.69) is 22.0 Å². The van der Waals surface area contributed by atoms with Gasteiger partial charge >= 0.3 is 0 Å². The van der Waals surface area contributed by atoms with Gasteiger partial charge in [-0.3, -0.25) is 0 Å². The van der Waals surface area contributed by atoms with Gasteiger partial charge < -0.3 is 15.2 Å². The first-order valence-corrected chi connectivity index (χ1v) is 7.68. The van der Waals surface area contributed by atoms with E-state index < -0.39 is 0 Å². The first-order chi connectivity index (χ1) is 10.1. The Morgan fingerprint density at radius 3 is 2.57 bits per heavy atom. The van der Waals surface area contributed by atoms with Gasteiger partial charge in [0.15, 0.2) is 0 Å². The molecule has 0 aliphatic carbocycles. The fourth-order valence-corrected chi connectivity index (χ4v) is 2.56. The minimum Gasteiger partial charge on any atom is -0.496 e. The van der Waals surface area contributed by atoms with Crippen LogP contribution in [0.15, 0.2) is 46.9 Å². The highest BCUT2D eigenvalue weighted by molar-refractivity contribution is 9.10. The molecule has 0 fully saturated rings. The Labute approximate surface area is 134 Å². The SMILES string of the molecule is COc1ccc(CC(C)N)cc1COc1ccccc1Br. The number of rotatable bonds is 6. The van der Waals surface area contributed by atoms with Gasteiger partial charge in [0.25, 0.3) is 0 Å². The normalized spacial score (nSPS) is 12.0. The minimum atomic E-state index is 0.135. The third-order valence-electron chi connectivity index (χ3n) is 3.12. The van der Waals surface area contributed by atoms with Crippen LogP contribution in [0.4, 0.5) is 0 Å². The lowest BCUT2D eigenvalue weighted by atomic mass is 10.0. The van der Waals surface area contributed by atoms with Crippen molar-refractivity contribution in [2.45, 2.75) is 26.0 Å². The maximum atomic E-state index is 5.87. The second-order valence-electron chi connectivity index (χ2n) is 5.05. The molecular formula is C17H20BrNO2. The fraction of sp³-hybridized carbons (Fsp3) is 0.294. The molecule has 0 amide bonds. The number of methoxy groups -OCH3 is 1. The molecule has 3 nitrogen and oxygen atoms in total. The molecule has 112 valence electrons. The average Bonchev–Trinajstić information content (AvgIpc) is 2.46. The Morgan fingerprint density at radius 1 is 1.14 bits per heavy atom. The topological polar surface area (TPSA) is 44.5 Å². The number of nitrogens with two attached hydrogens (primary N) is 1. The van der Waals surface area contributed by atoms with Crippen LogP contribution in [-0.4, -0.2) is 13.2 Å². The van der Waals surface area contributed by atoms with Crippen LogP contribution in [0.5, 0.6) is 11.5 Å². The van der Waals surface area contributed by atoms with E-state index in [1.807, 2.05) is 43.3 Å². The van der Waals surface area contributed by atoms with E-state index in [-0.39, 0.29) is 6.04 Å². The van der Waals surface area contributed by atoms with Crippen LogP contribution >= 0.6 is 15.9 Å². The molecule has 1 unspecified atom stereocenters. The summed E-state index contributed by atoms with van der Waals surface area (Å²) in [6, 6.07) is 14.0. The predicted octanol–water partition coefficient (Wildman–Crippen LogP) is 3.93. The molecule has 0 aliphatic rings. The zero-order valence-electron chi connectivity index (χ0n) is 12.3. The van der Waals surface area contributed by atoms with Gasteiger partial charge in [-0.15, -0.1) is 0 Å². The zero-order chi connectivity index (χ0) is 15.2. The molecule has 0 spiro atoms. The van der Waals surface area contributed by atoms with Crippen molar-refractivity contribution in [2.75, 3.05) is 7.11 Å². The number of ether oxygens (including phenoxy) is 2. The first-order valence-electron chi connectivity index (χ1n) is 6.89. The van der Waals surface area contributed by atoms with Crippen LogP contribution in [0, 0.1) is 0 Å². The summed E-state index contributed by atoms with van der Waals surface area (Å²) in [5.41, 5.74) is 8.07. The molecule has 0 saturated heterocycles. The molecule has 4 heteroatoms. The van der Waals surface area contributed by atoms with Crippen molar-refractivity contribution in [3.05, 3.63) is 58.1 Å². The molecule has 21 heavy (non-hydrogen) atoms. The number of hydrogen-bond donors (Lipinski definition) is 1. The van der Waals surface area contributed by atoms with E-state index in [4.69, 9.17) is 15.2 Å². The molecule has 2 rings (SSSR count). The Bertz CT molecular complexity index is 599. The summed E-state index contributed by atoms with van der Waals surface area (Å²) in [7, 11) is 1.67. The molecular weight excluding hydrogens is 330 g/mol. The van der Waals surface area contributed by atoms with Gasteiger partial charge in [-0.1, -0.05) is 18.2 Å². The van der Waals surface area contributed by atoms with E-state index in [0.29, 0.717) is 6.61 Å². The second kappa shape index (κ2) is 7.48. The highest BCUT2D eigenvalue weighted by Crippen LogP contribution is 2.27. The van der Waals surface area contributed by atoms with Crippen molar-refractivity contribution >= 4 is 15.9 Å². The van der Waals surface area contributed by atoms with Gasteiger partial charge in [0, 0.05) is 11.6 Å². The maximum absolute atomic E-state index is 5.87. The van der Waals surface area contributed by atoms with Crippen LogP contribution in [-0.2, 0) is 13.0 Å². The van der Waals surface area contributed by atoms with Gasteiger partial charge in [-0.05, 0) is 59.1 Å². The Balaban J connectivity index is 2.15. The lowest BCUT2D eigenvalue weighted by Gasteiger charge is -2.13. The molecule has 2 N–H and O–H groups in total. The lowest BCUT2D eigenvalue weighted by molar-refractivity contribution is 0.295.